The first kappa shape index (κ1) is 16.0. The number of unbranched alkanes of at least 4 members (excludes halogenated alkanes) is 2. The van der Waals surface area contributed by atoms with Crippen molar-refractivity contribution in [3.63, 3.8) is 0 Å². The van der Waals surface area contributed by atoms with Crippen LogP contribution in [-0.4, -0.2) is 26.7 Å². The molecule has 0 unspecified atom stereocenters. The quantitative estimate of drug-likeness (QED) is 0.680. The second kappa shape index (κ2) is 8.98. The van der Waals surface area contributed by atoms with E-state index >= 15 is 0 Å². The summed E-state index contributed by atoms with van der Waals surface area (Å²) in [5.74, 6) is 0.757. The predicted octanol–water partition coefficient (Wildman–Crippen LogP) is 3.85. The summed E-state index contributed by atoms with van der Waals surface area (Å²) in [4.78, 5) is 2.36. The zero-order valence-corrected chi connectivity index (χ0v) is 13.1. The van der Waals surface area contributed by atoms with E-state index in [-0.39, 0.29) is 0 Å². The minimum atomic E-state index is 0.757. The van der Waals surface area contributed by atoms with E-state index < -0.39 is 0 Å². The molecule has 0 aliphatic rings. The molecule has 0 radical (unpaired) electrons. The van der Waals surface area contributed by atoms with Gasteiger partial charge in [-0.15, -0.1) is 0 Å². The summed E-state index contributed by atoms with van der Waals surface area (Å²) in [5, 5.41) is 3.50. The van der Waals surface area contributed by atoms with Gasteiger partial charge >= 0.3 is 0 Å². The lowest BCUT2D eigenvalue weighted by Gasteiger charge is -2.19. The van der Waals surface area contributed by atoms with Gasteiger partial charge in [0.2, 0.25) is 0 Å². The lowest BCUT2D eigenvalue weighted by atomic mass is 10.2. The number of hydrogen-bond donors (Lipinski definition) is 1. The molecule has 0 fully saturated rings. The minimum Gasteiger partial charge on any atom is -0.375 e. The first-order chi connectivity index (χ1) is 9.09. The van der Waals surface area contributed by atoms with Crippen LogP contribution in [0.5, 0.6) is 0 Å². The molecule has 0 heterocycles. The van der Waals surface area contributed by atoms with Crippen molar-refractivity contribution >= 4 is 5.69 Å². The molecule has 1 aromatic rings. The summed E-state index contributed by atoms with van der Waals surface area (Å²) in [6.45, 7) is 10.1. The van der Waals surface area contributed by atoms with E-state index in [1.807, 2.05) is 0 Å². The van der Waals surface area contributed by atoms with Crippen molar-refractivity contribution in [3.8, 4) is 0 Å². The largest absolute Gasteiger partial charge is 0.375 e. The standard InChI is InChI=1S/C17H30N2/c1-15(2)14-18-11-6-5-7-12-19(4)17-10-8-9-16(3)13-17/h8-10,13,15,18H,5-7,11-12,14H2,1-4H3. The molecule has 0 saturated carbocycles. The molecule has 0 aromatic heterocycles. The van der Waals surface area contributed by atoms with Crippen molar-refractivity contribution in [2.75, 3.05) is 31.6 Å². The molecule has 1 aromatic carbocycles. The molecule has 108 valence electrons. The maximum atomic E-state index is 3.50. The number of nitrogens with one attached hydrogen (secondary N) is 1. The van der Waals surface area contributed by atoms with E-state index in [1.165, 1.54) is 30.5 Å². The lowest BCUT2D eigenvalue weighted by molar-refractivity contribution is 0.530. The van der Waals surface area contributed by atoms with E-state index in [4.69, 9.17) is 0 Å². The van der Waals surface area contributed by atoms with E-state index in [9.17, 15) is 0 Å². The topological polar surface area (TPSA) is 15.3 Å². The number of aryl methyl sites for hydroxylation is 1. The predicted molar refractivity (Wildman–Crippen MR) is 86.0 cm³/mol. The van der Waals surface area contributed by atoms with Crippen molar-refractivity contribution in [2.45, 2.75) is 40.0 Å². The highest BCUT2D eigenvalue weighted by molar-refractivity contribution is 5.47. The molecule has 0 aliphatic carbocycles. The zero-order chi connectivity index (χ0) is 14.1. The van der Waals surface area contributed by atoms with Gasteiger partial charge in [-0.05, 0) is 56.5 Å². The van der Waals surface area contributed by atoms with Gasteiger partial charge in [-0.3, -0.25) is 0 Å². The van der Waals surface area contributed by atoms with Crippen molar-refractivity contribution in [1.82, 2.24) is 5.32 Å². The number of rotatable bonds is 9. The molecule has 0 spiro atoms. The summed E-state index contributed by atoms with van der Waals surface area (Å²) in [6.07, 6.45) is 3.86. The first-order valence-electron chi connectivity index (χ1n) is 7.58. The van der Waals surface area contributed by atoms with Gasteiger partial charge in [0.25, 0.3) is 0 Å². The summed E-state index contributed by atoms with van der Waals surface area (Å²) in [7, 11) is 2.19. The lowest BCUT2D eigenvalue weighted by Crippen LogP contribution is -2.21. The summed E-state index contributed by atoms with van der Waals surface area (Å²) < 4.78 is 0. The van der Waals surface area contributed by atoms with Crippen LogP contribution in [0.25, 0.3) is 0 Å². The summed E-state index contributed by atoms with van der Waals surface area (Å²) in [6, 6.07) is 8.73. The number of hydrogen-bond acceptors (Lipinski definition) is 2. The van der Waals surface area contributed by atoms with Crippen LogP contribution in [0.4, 0.5) is 5.69 Å². The Labute approximate surface area is 119 Å². The SMILES string of the molecule is Cc1cccc(N(C)CCCCCNCC(C)C)c1. The van der Waals surface area contributed by atoms with Crippen molar-refractivity contribution in [1.29, 1.82) is 0 Å². The summed E-state index contributed by atoms with van der Waals surface area (Å²) in [5.41, 5.74) is 2.67. The highest BCUT2D eigenvalue weighted by Crippen LogP contribution is 2.14. The second-order valence-electron chi connectivity index (χ2n) is 5.92. The Morgan fingerprint density at radius 1 is 1.16 bits per heavy atom. The van der Waals surface area contributed by atoms with Gasteiger partial charge in [-0.25, -0.2) is 0 Å². The van der Waals surface area contributed by atoms with Crippen molar-refractivity contribution in [2.24, 2.45) is 5.92 Å². The van der Waals surface area contributed by atoms with E-state index in [2.05, 4.69) is 62.3 Å². The Hall–Kier alpha value is -1.02. The molecule has 1 N–H and O–H groups in total. The molecule has 0 atom stereocenters. The highest BCUT2D eigenvalue weighted by Gasteiger charge is 2.00. The van der Waals surface area contributed by atoms with Crippen LogP contribution in [-0.2, 0) is 0 Å². The molecule has 0 bridgehead atoms. The maximum absolute atomic E-state index is 3.50. The number of nitrogens with zero attached hydrogens (tertiary/aromatic N) is 1. The maximum Gasteiger partial charge on any atom is 0.0366 e. The monoisotopic (exact) mass is 262 g/mol. The van der Waals surface area contributed by atoms with Crippen LogP contribution in [0.1, 0.15) is 38.7 Å². The van der Waals surface area contributed by atoms with Crippen molar-refractivity contribution < 1.29 is 0 Å². The average Bonchev–Trinajstić information content (AvgIpc) is 2.37. The molecular weight excluding hydrogens is 232 g/mol. The van der Waals surface area contributed by atoms with Crippen molar-refractivity contribution in [3.05, 3.63) is 29.8 Å². The molecule has 19 heavy (non-hydrogen) atoms. The Morgan fingerprint density at radius 3 is 2.63 bits per heavy atom. The first-order valence-corrected chi connectivity index (χ1v) is 7.58. The van der Waals surface area contributed by atoms with Gasteiger partial charge in [0, 0.05) is 19.3 Å². The second-order valence-corrected chi connectivity index (χ2v) is 5.92. The Kier molecular flexibility index (Phi) is 7.57. The van der Waals surface area contributed by atoms with Gasteiger partial charge in [0.1, 0.15) is 0 Å². The summed E-state index contributed by atoms with van der Waals surface area (Å²) >= 11 is 0. The molecule has 2 heteroatoms. The van der Waals surface area contributed by atoms with E-state index in [1.54, 1.807) is 0 Å². The van der Waals surface area contributed by atoms with Gasteiger partial charge in [0.15, 0.2) is 0 Å². The van der Waals surface area contributed by atoms with Crippen LogP contribution < -0.4 is 10.2 Å². The van der Waals surface area contributed by atoms with Crippen LogP contribution in [0.3, 0.4) is 0 Å². The van der Waals surface area contributed by atoms with E-state index in [0.29, 0.717) is 0 Å². The van der Waals surface area contributed by atoms with Gasteiger partial charge in [-0.2, -0.15) is 0 Å². The zero-order valence-electron chi connectivity index (χ0n) is 13.1. The third kappa shape index (κ3) is 7.22. The molecule has 1 rings (SSSR count). The van der Waals surface area contributed by atoms with Crippen LogP contribution in [0, 0.1) is 12.8 Å². The number of benzene rings is 1. The number of anilines is 1. The Balaban J connectivity index is 2.09. The molecule has 0 aliphatic heterocycles. The molecule has 0 amide bonds. The fourth-order valence-electron chi connectivity index (χ4n) is 2.16. The normalized spacial score (nSPS) is 11.0. The molecular formula is C17H30N2. The van der Waals surface area contributed by atoms with Gasteiger partial charge < -0.3 is 10.2 Å². The fourth-order valence-corrected chi connectivity index (χ4v) is 2.16. The van der Waals surface area contributed by atoms with Crippen LogP contribution in [0.15, 0.2) is 24.3 Å². The minimum absolute atomic E-state index is 0.757. The van der Waals surface area contributed by atoms with Gasteiger partial charge in [-0.1, -0.05) is 32.4 Å². The van der Waals surface area contributed by atoms with Crippen LogP contribution in [0.2, 0.25) is 0 Å². The Bertz CT molecular complexity index is 347. The smallest absolute Gasteiger partial charge is 0.0366 e. The van der Waals surface area contributed by atoms with Crippen LogP contribution >= 0.6 is 0 Å². The third-order valence-corrected chi connectivity index (χ3v) is 3.34. The molecule has 0 saturated heterocycles. The van der Waals surface area contributed by atoms with E-state index in [0.717, 1.165) is 25.6 Å². The fraction of sp³-hybridized carbons (Fsp3) is 0.647. The van der Waals surface area contributed by atoms with Gasteiger partial charge in [0.05, 0.1) is 0 Å². The Morgan fingerprint density at radius 2 is 1.95 bits per heavy atom. The third-order valence-electron chi connectivity index (χ3n) is 3.34. The molecule has 2 nitrogen and oxygen atoms in total. The highest BCUT2D eigenvalue weighted by atomic mass is 15.1. The average molecular weight is 262 g/mol.